The smallest absolute Gasteiger partial charge is 0.232 e. The molecule has 3 rings (SSSR count). The van der Waals surface area contributed by atoms with Gasteiger partial charge in [-0.1, -0.05) is 0 Å². The molecule has 1 N–H and O–H groups in total. The van der Waals surface area contributed by atoms with E-state index in [0.29, 0.717) is 17.0 Å². The number of carbonyl (C=O) groups excluding carboxylic acids is 1. The quantitative estimate of drug-likeness (QED) is 0.864. The number of thioether (sulfide) groups is 1. The van der Waals surface area contributed by atoms with Gasteiger partial charge in [-0.25, -0.2) is 8.78 Å². The fourth-order valence-electron chi connectivity index (χ4n) is 3.36. The van der Waals surface area contributed by atoms with Crippen LogP contribution in [0.1, 0.15) is 25.7 Å². The molecule has 2 fully saturated rings. The molecule has 0 aliphatic carbocycles. The van der Waals surface area contributed by atoms with Crippen molar-refractivity contribution in [3.8, 4) is 0 Å². The standard InChI is InChI=1S/C16H20F2N2OS/c1-20(12-6-10-2-3-11(7-12)19-10)16(21)9-22-13-4-5-14(17)15(18)8-13/h4-5,8,10-12,19H,2-3,6-7,9H2,1H3. The molecule has 2 heterocycles. The summed E-state index contributed by atoms with van der Waals surface area (Å²) in [5.74, 6) is -1.44. The third-order valence-electron chi connectivity index (χ3n) is 4.64. The van der Waals surface area contributed by atoms with Crippen LogP contribution in [0, 0.1) is 11.6 Å². The van der Waals surface area contributed by atoms with Crippen molar-refractivity contribution in [2.75, 3.05) is 12.8 Å². The predicted octanol–water partition coefficient (Wildman–Crippen LogP) is 2.80. The van der Waals surface area contributed by atoms with Gasteiger partial charge in [-0.2, -0.15) is 0 Å². The van der Waals surface area contributed by atoms with Gasteiger partial charge in [0.25, 0.3) is 0 Å². The number of piperidine rings is 1. The number of nitrogens with one attached hydrogen (secondary N) is 1. The first-order chi connectivity index (χ1) is 10.5. The van der Waals surface area contributed by atoms with E-state index in [4.69, 9.17) is 0 Å². The monoisotopic (exact) mass is 326 g/mol. The van der Waals surface area contributed by atoms with Gasteiger partial charge in [0.2, 0.25) is 5.91 Å². The van der Waals surface area contributed by atoms with Crippen LogP contribution in [0.5, 0.6) is 0 Å². The Labute approximate surface area is 133 Å². The summed E-state index contributed by atoms with van der Waals surface area (Å²) in [5, 5.41) is 3.56. The summed E-state index contributed by atoms with van der Waals surface area (Å²) in [6.07, 6.45) is 4.42. The van der Waals surface area contributed by atoms with E-state index in [2.05, 4.69) is 5.32 Å². The fraction of sp³-hybridized carbons (Fsp3) is 0.562. The molecular formula is C16H20F2N2OS. The zero-order valence-corrected chi connectivity index (χ0v) is 13.3. The topological polar surface area (TPSA) is 32.3 Å². The normalized spacial score (nSPS) is 27.0. The van der Waals surface area contributed by atoms with Crippen molar-refractivity contribution in [1.82, 2.24) is 10.2 Å². The Morgan fingerprint density at radius 3 is 2.59 bits per heavy atom. The SMILES string of the molecule is CN(C(=O)CSc1ccc(F)c(F)c1)C1CC2CCC(C1)N2. The van der Waals surface area contributed by atoms with Crippen molar-refractivity contribution in [3.63, 3.8) is 0 Å². The Morgan fingerprint density at radius 2 is 1.95 bits per heavy atom. The van der Waals surface area contributed by atoms with Gasteiger partial charge < -0.3 is 10.2 Å². The fourth-order valence-corrected chi connectivity index (χ4v) is 4.21. The van der Waals surface area contributed by atoms with E-state index in [1.165, 1.54) is 30.7 Å². The van der Waals surface area contributed by atoms with Crippen molar-refractivity contribution in [2.24, 2.45) is 0 Å². The zero-order valence-electron chi connectivity index (χ0n) is 12.5. The lowest BCUT2D eigenvalue weighted by Crippen LogP contribution is -2.49. The van der Waals surface area contributed by atoms with E-state index in [0.717, 1.165) is 25.0 Å². The van der Waals surface area contributed by atoms with Gasteiger partial charge in [-0.3, -0.25) is 4.79 Å². The lowest BCUT2D eigenvalue weighted by atomic mass is 9.98. The number of carbonyl (C=O) groups is 1. The van der Waals surface area contributed by atoms with Crippen LogP contribution in [0.2, 0.25) is 0 Å². The summed E-state index contributed by atoms with van der Waals surface area (Å²) in [7, 11) is 1.85. The first-order valence-corrected chi connectivity index (χ1v) is 8.61. The number of benzene rings is 1. The molecule has 0 radical (unpaired) electrons. The zero-order chi connectivity index (χ0) is 15.7. The molecule has 2 aliphatic rings. The summed E-state index contributed by atoms with van der Waals surface area (Å²) in [5.41, 5.74) is 0. The van der Waals surface area contributed by atoms with E-state index in [1.54, 1.807) is 0 Å². The molecule has 1 aromatic rings. The Kier molecular flexibility index (Phi) is 4.68. The minimum atomic E-state index is -0.874. The number of nitrogens with zero attached hydrogens (tertiary/aromatic N) is 1. The average Bonchev–Trinajstić information content (AvgIpc) is 2.85. The minimum absolute atomic E-state index is 0.0426. The summed E-state index contributed by atoms with van der Waals surface area (Å²) < 4.78 is 26.0. The lowest BCUT2D eigenvalue weighted by Gasteiger charge is -2.35. The maximum atomic E-state index is 13.2. The Balaban J connectivity index is 1.53. The number of rotatable bonds is 4. The van der Waals surface area contributed by atoms with Crippen LogP contribution in [-0.2, 0) is 4.79 Å². The molecule has 1 amide bonds. The lowest BCUT2D eigenvalue weighted by molar-refractivity contribution is -0.129. The second-order valence-electron chi connectivity index (χ2n) is 6.13. The van der Waals surface area contributed by atoms with Crippen LogP contribution in [0.4, 0.5) is 8.78 Å². The minimum Gasteiger partial charge on any atom is -0.342 e. The first kappa shape index (κ1) is 15.7. The van der Waals surface area contributed by atoms with Gasteiger partial charge in [0.1, 0.15) is 0 Å². The molecular weight excluding hydrogens is 306 g/mol. The molecule has 2 unspecified atom stereocenters. The number of fused-ring (bicyclic) bond motifs is 2. The molecule has 22 heavy (non-hydrogen) atoms. The molecule has 2 aliphatic heterocycles. The highest BCUT2D eigenvalue weighted by molar-refractivity contribution is 8.00. The summed E-state index contributed by atoms with van der Waals surface area (Å²) in [6, 6.07) is 5.10. The highest BCUT2D eigenvalue weighted by Gasteiger charge is 2.36. The maximum Gasteiger partial charge on any atom is 0.232 e. The number of hydrogen-bond donors (Lipinski definition) is 1. The molecule has 3 nitrogen and oxygen atoms in total. The largest absolute Gasteiger partial charge is 0.342 e. The summed E-state index contributed by atoms with van der Waals surface area (Å²) in [6.45, 7) is 0. The second-order valence-corrected chi connectivity index (χ2v) is 7.18. The molecule has 2 bridgehead atoms. The van der Waals surface area contributed by atoms with Crippen molar-refractivity contribution in [3.05, 3.63) is 29.8 Å². The Hall–Kier alpha value is -1.14. The first-order valence-electron chi connectivity index (χ1n) is 7.62. The van der Waals surface area contributed by atoms with Gasteiger partial charge in [0.15, 0.2) is 11.6 Å². The molecule has 6 heteroatoms. The van der Waals surface area contributed by atoms with Gasteiger partial charge >= 0.3 is 0 Å². The van der Waals surface area contributed by atoms with Crippen molar-refractivity contribution >= 4 is 17.7 Å². The highest BCUT2D eigenvalue weighted by Crippen LogP contribution is 2.30. The van der Waals surface area contributed by atoms with Crippen LogP contribution >= 0.6 is 11.8 Å². The van der Waals surface area contributed by atoms with Crippen molar-refractivity contribution in [2.45, 2.75) is 48.7 Å². The van der Waals surface area contributed by atoms with Crippen molar-refractivity contribution < 1.29 is 13.6 Å². The Morgan fingerprint density at radius 1 is 1.27 bits per heavy atom. The number of amides is 1. The van der Waals surface area contributed by atoms with E-state index in [9.17, 15) is 13.6 Å². The highest BCUT2D eigenvalue weighted by atomic mass is 32.2. The molecule has 0 spiro atoms. The third kappa shape index (κ3) is 3.43. The Bertz CT molecular complexity index is 557. The molecule has 2 atom stereocenters. The summed E-state index contributed by atoms with van der Waals surface area (Å²) in [4.78, 5) is 14.7. The molecule has 2 saturated heterocycles. The van der Waals surface area contributed by atoms with Gasteiger partial charge in [0.05, 0.1) is 5.75 Å². The van der Waals surface area contributed by atoms with E-state index >= 15 is 0 Å². The van der Waals surface area contributed by atoms with Crippen LogP contribution < -0.4 is 5.32 Å². The predicted molar refractivity (Wildman–Crippen MR) is 82.8 cm³/mol. The van der Waals surface area contributed by atoms with Crippen molar-refractivity contribution in [1.29, 1.82) is 0 Å². The van der Waals surface area contributed by atoms with Crippen LogP contribution in [0.25, 0.3) is 0 Å². The maximum absolute atomic E-state index is 13.2. The molecule has 120 valence electrons. The molecule has 0 saturated carbocycles. The van der Waals surface area contributed by atoms with Gasteiger partial charge in [-0.05, 0) is 43.9 Å². The summed E-state index contributed by atoms with van der Waals surface area (Å²) >= 11 is 1.25. The van der Waals surface area contributed by atoms with E-state index in [-0.39, 0.29) is 17.7 Å². The molecule has 1 aromatic carbocycles. The van der Waals surface area contributed by atoms with Gasteiger partial charge in [0, 0.05) is 30.1 Å². The van der Waals surface area contributed by atoms with Crippen LogP contribution in [0.3, 0.4) is 0 Å². The van der Waals surface area contributed by atoms with Crippen LogP contribution in [0.15, 0.2) is 23.1 Å². The second kappa shape index (κ2) is 6.54. The van der Waals surface area contributed by atoms with Crippen LogP contribution in [-0.4, -0.2) is 41.7 Å². The van der Waals surface area contributed by atoms with E-state index in [1.807, 2.05) is 11.9 Å². The number of hydrogen-bond acceptors (Lipinski definition) is 3. The van der Waals surface area contributed by atoms with Gasteiger partial charge in [-0.15, -0.1) is 11.8 Å². The van der Waals surface area contributed by atoms with E-state index < -0.39 is 11.6 Å². The number of halogens is 2. The third-order valence-corrected chi connectivity index (χ3v) is 5.62. The average molecular weight is 326 g/mol. The molecule has 0 aromatic heterocycles.